The minimum absolute atomic E-state index is 0.127. The summed E-state index contributed by atoms with van der Waals surface area (Å²) in [5.41, 5.74) is 4.11. The van der Waals surface area contributed by atoms with Crippen molar-refractivity contribution in [3.05, 3.63) is 72.2 Å². The fourth-order valence-corrected chi connectivity index (χ4v) is 10.2. The molecule has 4 N–H and O–H groups in total. The van der Waals surface area contributed by atoms with E-state index < -0.39 is 30.1 Å². The molecular weight excluding hydrogens is 756 g/mol. The quantitative estimate of drug-likeness (QED) is 0.124. The first-order chi connectivity index (χ1) is 28.4. The fourth-order valence-electron chi connectivity index (χ4n) is 10.2. The number of likely N-dealkylation sites (tertiary alicyclic amines) is 1. The van der Waals surface area contributed by atoms with Gasteiger partial charge in [-0.1, -0.05) is 52.0 Å². The standard InChI is InChI=1S/C44H47FN8O6/c1-18(2)34(50-43(56)58-5)41(54)52-29-15-23(29)16-30(52)39-47-27-12-9-22-13-20(7-10-24(22)36(27)49-39)21-8-11-25(26(45)14-21)28-17-46-40(48-28)38-33-31-32(33)37(31)53(38)42(55)35(19(3)4)51-44(57)59-6/h7-14,17-19,23,29-35,37-38H,15-16H2,1-6H3,(H,46,48)(H,47,49)(H,50,56)(H,51,57)/t23-,29-,30+,31-,32?,33?,34+,35+,37?,38+/m1/s1. The van der Waals surface area contributed by atoms with Crippen LogP contribution in [-0.2, 0) is 19.1 Å². The van der Waals surface area contributed by atoms with Crippen molar-refractivity contribution in [2.24, 2.45) is 35.5 Å². The Kier molecular flexibility index (Phi) is 8.55. The maximum atomic E-state index is 16.0. The summed E-state index contributed by atoms with van der Waals surface area (Å²) in [5, 5.41) is 7.32. The Morgan fingerprint density at radius 1 is 0.797 bits per heavy atom. The molecule has 2 bridgehead atoms. The highest BCUT2D eigenvalue weighted by Gasteiger charge is 2.86. The number of H-pyrrole nitrogens is 2. The first-order valence-corrected chi connectivity index (χ1v) is 20.5. The van der Waals surface area contributed by atoms with E-state index >= 15 is 4.39 Å². The molecule has 59 heavy (non-hydrogen) atoms. The molecular formula is C44H47FN8O6. The normalized spacial score (nSPS) is 26.8. The molecule has 306 valence electrons. The van der Waals surface area contributed by atoms with E-state index in [9.17, 15) is 19.2 Å². The molecule has 6 aliphatic rings. The highest BCUT2D eigenvalue weighted by atomic mass is 19.1. The molecule has 6 fully saturated rings. The maximum absolute atomic E-state index is 16.0. The first-order valence-electron chi connectivity index (χ1n) is 20.5. The van der Waals surface area contributed by atoms with E-state index in [1.54, 1.807) is 12.3 Å². The average molecular weight is 803 g/mol. The Morgan fingerprint density at radius 3 is 2.12 bits per heavy atom. The number of ether oxygens (including phenoxy) is 2. The number of nitrogens with one attached hydrogen (secondary N) is 4. The highest BCUT2D eigenvalue weighted by Crippen LogP contribution is 2.81. The SMILES string of the molecule is COC(=O)N[C@H](C(=O)N1C2C3C([C@@H]32)[C@H]1c1ncc(-c2ccc(-c3ccc4c(ccc5[nH]c([C@@H]6C[C@H]7C[C@H]7N6C(=O)[C@@H](NC(=O)OC)C(C)C)nc54)c3)cc2F)[nH]1)C(C)C. The second kappa shape index (κ2) is 13.5. The number of rotatable bonds is 10. The van der Waals surface area contributed by atoms with Crippen molar-refractivity contribution in [3.8, 4) is 22.4 Å². The molecule has 3 aliphatic heterocycles. The van der Waals surface area contributed by atoms with E-state index in [1.165, 1.54) is 20.3 Å². The molecule has 3 saturated heterocycles. The summed E-state index contributed by atoms with van der Waals surface area (Å²) < 4.78 is 25.6. The second-order valence-corrected chi connectivity index (χ2v) is 17.6. The Balaban J connectivity index is 0.881. The maximum Gasteiger partial charge on any atom is 0.407 e. The molecule has 5 aromatic rings. The number of hydrogen-bond donors (Lipinski definition) is 4. The summed E-state index contributed by atoms with van der Waals surface area (Å²) in [6, 6.07) is 13.5. The lowest BCUT2D eigenvalue weighted by molar-refractivity contribution is -0.137. The Bertz CT molecular complexity index is 2560. The van der Waals surface area contributed by atoms with Crippen LogP contribution in [0.5, 0.6) is 0 Å². The van der Waals surface area contributed by atoms with E-state index in [-0.39, 0.29) is 47.8 Å². The van der Waals surface area contributed by atoms with Crippen LogP contribution in [0.3, 0.4) is 0 Å². The zero-order chi connectivity index (χ0) is 41.2. The third-order valence-electron chi connectivity index (χ3n) is 13.5. The van der Waals surface area contributed by atoms with Crippen LogP contribution in [0.25, 0.3) is 44.2 Å². The molecule has 5 heterocycles. The van der Waals surface area contributed by atoms with Crippen molar-refractivity contribution < 1.29 is 33.0 Å². The van der Waals surface area contributed by atoms with Crippen molar-refractivity contribution in [1.29, 1.82) is 0 Å². The third-order valence-corrected chi connectivity index (χ3v) is 13.5. The summed E-state index contributed by atoms with van der Waals surface area (Å²) in [4.78, 5) is 72.2. The largest absolute Gasteiger partial charge is 0.453 e. The number of nitrogens with zero attached hydrogens (tertiary/aromatic N) is 4. The molecule has 0 spiro atoms. The lowest BCUT2D eigenvalue weighted by atomic mass is 9.99. The van der Waals surface area contributed by atoms with Crippen LogP contribution in [0, 0.1) is 41.3 Å². The number of carbonyl (C=O) groups excluding carboxylic acids is 4. The van der Waals surface area contributed by atoms with E-state index in [4.69, 9.17) is 14.5 Å². The fraction of sp³-hybridized carbons (Fsp3) is 0.455. The molecule has 15 heteroatoms. The number of carbonyl (C=O) groups is 4. The molecule has 10 atom stereocenters. The number of hydrogen-bond acceptors (Lipinski definition) is 8. The number of aromatic amines is 2. The zero-order valence-corrected chi connectivity index (χ0v) is 33.7. The number of aromatic nitrogens is 4. The van der Waals surface area contributed by atoms with Crippen LogP contribution in [0.15, 0.2) is 54.7 Å². The van der Waals surface area contributed by atoms with E-state index in [1.807, 2.05) is 73.9 Å². The van der Waals surface area contributed by atoms with Gasteiger partial charge in [-0.2, -0.15) is 0 Å². The predicted octanol–water partition coefficient (Wildman–Crippen LogP) is 6.46. The minimum Gasteiger partial charge on any atom is -0.453 e. The van der Waals surface area contributed by atoms with Gasteiger partial charge in [0.2, 0.25) is 11.8 Å². The van der Waals surface area contributed by atoms with Gasteiger partial charge in [-0.05, 0) is 89.1 Å². The van der Waals surface area contributed by atoms with Crippen LogP contribution < -0.4 is 10.6 Å². The van der Waals surface area contributed by atoms with Crippen LogP contribution in [0.1, 0.15) is 64.3 Å². The van der Waals surface area contributed by atoms with Crippen molar-refractivity contribution >= 4 is 45.8 Å². The lowest BCUT2D eigenvalue weighted by Gasteiger charge is -2.31. The smallest absolute Gasteiger partial charge is 0.407 e. The molecule has 11 rings (SSSR count). The van der Waals surface area contributed by atoms with Gasteiger partial charge in [0.1, 0.15) is 29.5 Å². The van der Waals surface area contributed by atoms with Gasteiger partial charge in [0, 0.05) is 23.0 Å². The van der Waals surface area contributed by atoms with Gasteiger partial charge >= 0.3 is 12.2 Å². The molecule has 3 saturated carbocycles. The summed E-state index contributed by atoms with van der Waals surface area (Å²) in [6.45, 7) is 7.59. The van der Waals surface area contributed by atoms with Crippen LogP contribution in [0.4, 0.5) is 14.0 Å². The first kappa shape index (κ1) is 37.3. The average Bonchev–Trinajstić information content (AvgIpc) is 4.04. The number of halogens is 1. The molecule has 14 nitrogen and oxygen atoms in total. The molecule has 3 aliphatic carbocycles. The van der Waals surface area contributed by atoms with Gasteiger partial charge in [0.25, 0.3) is 0 Å². The molecule has 3 unspecified atom stereocenters. The monoisotopic (exact) mass is 802 g/mol. The van der Waals surface area contributed by atoms with E-state index in [0.717, 1.165) is 46.0 Å². The van der Waals surface area contributed by atoms with Crippen molar-refractivity contribution in [2.45, 2.75) is 76.8 Å². The van der Waals surface area contributed by atoms with Crippen LogP contribution >= 0.6 is 0 Å². The van der Waals surface area contributed by atoms with Crippen molar-refractivity contribution in [2.75, 3.05) is 14.2 Å². The second-order valence-electron chi connectivity index (χ2n) is 17.6. The number of methoxy groups -OCH3 is 2. The van der Waals surface area contributed by atoms with Gasteiger partial charge in [-0.15, -0.1) is 0 Å². The topological polar surface area (TPSA) is 175 Å². The molecule has 4 amide bonds. The van der Waals surface area contributed by atoms with Gasteiger partial charge in [0.05, 0.1) is 49.2 Å². The summed E-state index contributed by atoms with van der Waals surface area (Å²) in [7, 11) is 2.57. The molecule has 0 radical (unpaired) electrons. The number of imidazole rings is 2. The minimum atomic E-state index is -0.728. The van der Waals surface area contributed by atoms with Gasteiger partial charge in [-0.25, -0.2) is 23.9 Å². The summed E-state index contributed by atoms with van der Waals surface area (Å²) >= 11 is 0. The Hall–Kier alpha value is -5.99. The van der Waals surface area contributed by atoms with Crippen LogP contribution in [0.2, 0.25) is 0 Å². The van der Waals surface area contributed by atoms with Gasteiger partial charge < -0.3 is 39.9 Å². The number of benzene rings is 3. The van der Waals surface area contributed by atoms with Crippen molar-refractivity contribution in [3.63, 3.8) is 0 Å². The Labute approximate surface area is 339 Å². The third kappa shape index (κ3) is 5.94. The number of amides is 4. The molecule has 3 aromatic carbocycles. The van der Waals surface area contributed by atoms with Crippen LogP contribution in [-0.4, -0.2) is 92.1 Å². The van der Waals surface area contributed by atoms with Gasteiger partial charge in [0.15, 0.2) is 0 Å². The van der Waals surface area contributed by atoms with Crippen molar-refractivity contribution in [1.82, 2.24) is 40.4 Å². The molecule has 2 aromatic heterocycles. The van der Waals surface area contributed by atoms with E-state index in [2.05, 4.69) is 25.6 Å². The predicted molar refractivity (Wildman–Crippen MR) is 215 cm³/mol. The summed E-state index contributed by atoms with van der Waals surface area (Å²) in [6.07, 6.45) is 2.10. The van der Waals surface area contributed by atoms with Gasteiger partial charge in [-0.3, -0.25) is 9.59 Å². The Morgan fingerprint density at radius 2 is 1.46 bits per heavy atom. The summed E-state index contributed by atoms with van der Waals surface area (Å²) in [5.74, 6) is 2.01. The zero-order valence-electron chi connectivity index (χ0n) is 33.7. The van der Waals surface area contributed by atoms with E-state index in [0.29, 0.717) is 46.3 Å². The lowest BCUT2D eigenvalue weighted by Crippen LogP contribution is -2.52. The highest BCUT2D eigenvalue weighted by molar-refractivity contribution is 6.05. The number of alkyl carbamates (subject to hydrolysis) is 2. The number of piperidine rings is 2. The number of fused-ring (bicyclic) bond motifs is 5.